The zero-order valence-corrected chi connectivity index (χ0v) is 26.9. The van der Waals surface area contributed by atoms with Crippen molar-refractivity contribution in [2.24, 2.45) is 0 Å². The smallest absolute Gasteiger partial charge is 0.410 e. The van der Waals surface area contributed by atoms with Crippen LogP contribution in [0, 0.1) is 0 Å². The van der Waals surface area contributed by atoms with Gasteiger partial charge in [-0.2, -0.15) is 10.4 Å². The molecule has 0 radical (unpaired) electrons. The second-order valence-electron chi connectivity index (χ2n) is 11.2. The number of quaternary nitrogens is 1. The van der Waals surface area contributed by atoms with Crippen LogP contribution in [0.4, 0.5) is 0 Å². The predicted molar refractivity (Wildman–Crippen MR) is 165 cm³/mol. The zero-order chi connectivity index (χ0) is 32.8. The first kappa shape index (κ1) is 33.1. The number of rotatable bonds is 14. The molecule has 12 nitrogen and oxygen atoms in total. The molecule has 0 spiro atoms. The van der Waals surface area contributed by atoms with Gasteiger partial charge in [0.15, 0.2) is 41.0 Å². The van der Waals surface area contributed by atoms with Crippen LogP contribution in [-0.4, -0.2) is 76.1 Å². The highest BCUT2D eigenvalue weighted by molar-refractivity contribution is 5.89. The van der Waals surface area contributed by atoms with Gasteiger partial charge in [-0.05, 0) is 66.3 Å². The maximum absolute atomic E-state index is 13.0. The quantitative estimate of drug-likeness (QED) is 0.125. The maximum Gasteiger partial charge on any atom is 0.410 e. The molecule has 1 fully saturated rings. The summed E-state index contributed by atoms with van der Waals surface area (Å²) in [4.78, 5) is 11.2. The molecule has 2 atom stereocenters. The fourth-order valence-electron chi connectivity index (χ4n) is 5.83. The summed E-state index contributed by atoms with van der Waals surface area (Å²) in [6.07, 6.45) is 1.98. The van der Waals surface area contributed by atoms with Crippen molar-refractivity contribution in [3.63, 3.8) is 0 Å². The normalized spacial score (nSPS) is 17.1. The average Bonchev–Trinajstić information content (AvgIpc) is 3.76. The van der Waals surface area contributed by atoms with Gasteiger partial charge in [0.05, 0.1) is 53.3 Å². The molecule has 3 aromatic rings. The van der Waals surface area contributed by atoms with Crippen LogP contribution in [-0.2, 0) is 11.2 Å². The van der Waals surface area contributed by atoms with Gasteiger partial charge in [-0.25, -0.2) is 4.79 Å². The van der Waals surface area contributed by atoms with E-state index in [1.54, 1.807) is 34.5 Å². The predicted octanol–water partition coefficient (Wildman–Crippen LogP) is 5.85. The fraction of sp³-hybridized carbons (Fsp3) is 0.441. The third-order valence-corrected chi connectivity index (χ3v) is 8.21. The lowest BCUT2D eigenvalue weighted by molar-refractivity contribution is -1.19. The van der Waals surface area contributed by atoms with Gasteiger partial charge in [0.2, 0.25) is 12.5 Å². The summed E-state index contributed by atoms with van der Waals surface area (Å²) < 4.78 is 45.3. The van der Waals surface area contributed by atoms with E-state index in [1.165, 1.54) is 12.1 Å². The number of amides is 1. The van der Waals surface area contributed by atoms with Crippen LogP contribution >= 0.6 is 0 Å². The van der Waals surface area contributed by atoms with Crippen molar-refractivity contribution in [1.29, 1.82) is 0 Å². The molecule has 1 amide bonds. The molecule has 2 aliphatic rings. The monoisotopic (exact) mass is 640 g/mol. The van der Waals surface area contributed by atoms with E-state index in [0.717, 1.165) is 23.1 Å². The number of carbonyl (C=O) groups excluding carboxylic acids is 1. The summed E-state index contributed by atoms with van der Waals surface area (Å²) in [5.41, 5.74) is 2.87. The molecule has 248 valence electrons. The van der Waals surface area contributed by atoms with Gasteiger partial charge >= 0.3 is 5.91 Å². The van der Waals surface area contributed by atoms with Gasteiger partial charge in [0.25, 0.3) is 0 Å². The molecule has 46 heavy (non-hydrogen) atoms. The summed E-state index contributed by atoms with van der Waals surface area (Å²) in [5, 5.41) is 21.4. The van der Waals surface area contributed by atoms with Crippen LogP contribution in [0.15, 0.2) is 42.5 Å². The molecule has 2 aliphatic heterocycles. The highest BCUT2D eigenvalue weighted by Crippen LogP contribution is 2.46. The van der Waals surface area contributed by atoms with Crippen LogP contribution in [0.3, 0.4) is 0 Å². The zero-order valence-electron chi connectivity index (χ0n) is 26.9. The van der Waals surface area contributed by atoms with E-state index in [9.17, 15) is 15.2 Å². The molecule has 1 saturated heterocycles. The average molecular weight is 641 g/mol. The van der Waals surface area contributed by atoms with E-state index in [-0.39, 0.29) is 37.3 Å². The standard InChI is InChI=1S/C34H42NO11/c1-6-12-43-32-21(8-7-11-35(37,38)34(36)22-9-10-26-28(14-22)46-20-45-26)13-23(15-29(32)39-2)25-18-27(44-19-25)24-16-30(40-3)33(42-5)31(17-24)41-4/h9-10,13-17,25,27,37-38H,6-8,11-12,18-20H2,1-5H3/q+1. The summed E-state index contributed by atoms with van der Waals surface area (Å²) in [6.45, 7) is 2.79. The lowest BCUT2D eigenvalue weighted by Crippen LogP contribution is -2.47. The molecular formula is C34H42NO11+. The molecule has 2 unspecified atom stereocenters. The lowest BCUT2D eigenvalue weighted by Gasteiger charge is -2.21. The molecule has 0 bridgehead atoms. The van der Waals surface area contributed by atoms with E-state index in [0.29, 0.717) is 66.3 Å². The molecule has 0 aromatic heterocycles. The van der Waals surface area contributed by atoms with Crippen molar-refractivity contribution in [2.45, 2.75) is 44.6 Å². The minimum atomic E-state index is -1.80. The van der Waals surface area contributed by atoms with Crippen molar-refractivity contribution in [2.75, 3.05) is 55.0 Å². The number of fused-ring (bicyclic) bond motifs is 1. The molecule has 12 heteroatoms. The van der Waals surface area contributed by atoms with Crippen LogP contribution < -0.4 is 33.2 Å². The van der Waals surface area contributed by atoms with E-state index in [1.807, 2.05) is 25.1 Å². The van der Waals surface area contributed by atoms with Crippen molar-refractivity contribution >= 4 is 5.91 Å². The molecule has 3 aromatic carbocycles. The number of ether oxygens (including phenoxy) is 8. The number of benzene rings is 3. The molecule has 0 aliphatic carbocycles. The van der Waals surface area contributed by atoms with E-state index in [2.05, 4.69) is 6.07 Å². The van der Waals surface area contributed by atoms with Crippen LogP contribution in [0.2, 0.25) is 0 Å². The lowest BCUT2D eigenvalue weighted by atomic mass is 9.91. The summed E-state index contributed by atoms with van der Waals surface area (Å²) in [5.74, 6) is 2.90. The van der Waals surface area contributed by atoms with Crippen LogP contribution in [0.5, 0.6) is 40.2 Å². The second kappa shape index (κ2) is 14.5. The Hall–Kier alpha value is -4.23. The third kappa shape index (κ3) is 6.95. The number of nitrogens with zero attached hydrogens (tertiary/aromatic N) is 1. The van der Waals surface area contributed by atoms with Crippen LogP contribution in [0.1, 0.15) is 65.3 Å². The largest absolute Gasteiger partial charge is 0.493 e. The summed E-state index contributed by atoms with van der Waals surface area (Å²) in [7, 11) is 6.33. The van der Waals surface area contributed by atoms with Crippen molar-refractivity contribution in [3.8, 4) is 40.2 Å². The maximum atomic E-state index is 13.0. The number of aryl methyl sites for hydroxylation is 1. The van der Waals surface area contributed by atoms with Crippen molar-refractivity contribution < 1.29 is 57.9 Å². The Morgan fingerprint density at radius 2 is 1.54 bits per heavy atom. The van der Waals surface area contributed by atoms with Gasteiger partial charge in [-0.1, -0.05) is 13.0 Å². The Bertz CT molecular complexity index is 1510. The molecule has 0 saturated carbocycles. The van der Waals surface area contributed by atoms with Gasteiger partial charge in [0, 0.05) is 23.2 Å². The topological polar surface area (TPSA) is 131 Å². The van der Waals surface area contributed by atoms with Crippen molar-refractivity contribution in [1.82, 2.24) is 0 Å². The first-order valence-electron chi connectivity index (χ1n) is 15.3. The molecule has 2 N–H and O–H groups in total. The minimum absolute atomic E-state index is 0.0504. The SMILES string of the molecule is CCCOc1c(CCC[N+](O)(O)C(=O)c2ccc3c(c2)OCO3)cc(C2COC(c3cc(OC)c(OC)c(OC)c3)C2)cc1OC. The Labute approximate surface area is 268 Å². The van der Waals surface area contributed by atoms with Gasteiger partial charge in [0.1, 0.15) is 0 Å². The van der Waals surface area contributed by atoms with Crippen LogP contribution in [0.25, 0.3) is 0 Å². The highest BCUT2D eigenvalue weighted by Gasteiger charge is 2.37. The molecule has 5 rings (SSSR count). The number of hydrogen-bond acceptors (Lipinski definition) is 11. The van der Waals surface area contributed by atoms with E-state index < -0.39 is 10.7 Å². The Kier molecular flexibility index (Phi) is 10.4. The molecular weight excluding hydrogens is 598 g/mol. The van der Waals surface area contributed by atoms with Crippen molar-refractivity contribution in [3.05, 3.63) is 64.7 Å². The Balaban J connectivity index is 1.34. The van der Waals surface area contributed by atoms with E-state index in [4.69, 9.17) is 37.9 Å². The number of hydroxylamine groups is 4. The Morgan fingerprint density at radius 3 is 2.22 bits per heavy atom. The van der Waals surface area contributed by atoms with E-state index >= 15 is 0 Å². The van der Waals surface area contributed by atoms with Gasteiger partial charge in [-0.15, -0.1) is 0 Å². The molecule has 2 heterocycles. The second-order valence-corrected chi connectivity index (χ2v) is 11.2. The van der Waals surface area contributed by atoms with Gasteiger partial charge in [-0.3, -0.25) is 0 Å². The number of methoxy groups -OCH3 is 4. The number of carbonyl (C=O) groups is 1. The first-order valence-corrected chi connectivity index (χ1v) is 15.3. The Morgan fingerprint density at radius 1 is 0.870 bits per heavy atom. The summed E-state index contributed by atoms with van der Waals surface area (Å²) in [6, 6.07) is 12.3. The first-order chi connectivity index (χ1) is 22.2. The summed E-state index contributed by atoms with van der Waals surface area (Å²) >= 11 is 0. The third-order valence-electron chi connectivity index (χ3n) is 8.21. The fourth-order valence-corrected chi connectivity index (χ4v) is 5.83. The number of hydrogen-bond donors (Lipinski definition) is 2. The minimum Gasteiger partial charge on any atom is -0.493 e. The van der Waals surface area contributed by atoms with Gasteiger partial charge < -0.3 is 37.9 Å². The highest BCUT2D eigenvalue weighted by atomic mass is 16.8.